The van der Waals surface area contributed by atoms with Gasteiger partial charge in [0.2, 0.25) is 5.95 Å². The molecule has 218 valence electrons. The molecule has 1 aromatic heterocycles. The molecule has 0 radical (unpaired) electrons. The lowest BCUT2D eigenvalue weighted by molar-refractivity contribution is 0.0693. The molecule has 43 heavy (non-hydrogen) atoms. The number of nitrogens with one attached hydrogen (secondary N) is 1. The van der Waals surface area contributed by atoms with Crippen LogP contribution in [0.15, 0.2) is 89.1 Å². The molecule has 2 heterocycles. The highest BCUT2D eigenvalue weighted by Crippen LogP contribution is 2.38. The van der Waals surface area contributed by atoms with Crippen LogP contribution >= 0.6 is 0 Å². The van der Waals surface area contributed by atoms with E-state index in [1.54, 1.807) is 30.5 Å². The summed E-state index contributed by atoms with van der Waals surface area (Å²) in [7, 11) is 2.93. The summed E-state index contributed by atoms with van der Waals surface area (Å²) in [5.41, 5.74) is 5.05. The number of rotatable bonds is 7. The summed E-state index contributed by atoms with van der Waals surface area (Å²) in [4.78, 5) is 25.6. The molecule has 0 amide bonds. The summed E-state index contributed by atoms with van der Waals surface area (Å²) >= 11 is 0. The smallest absolute Gasteiger partial charge is 0.339 e. The van der Waals surface area contributed by atoms with Crippen LogP contribution < -0.4 is 10.1 Å². The fourth-order valence-electron chi connectivity index (χ4n) is 5.51. The Morgan fingerprint density at radius 1 is 1.07 bits per heavy atom. The molecule has 8 nitrogen and oxygen atoms in total. The highest BCUT2D eigenvalue weighted by atomic mass is 19.1. The number of hydrogen-bond acceptors (Lipinski definition) is 7. The maximum Gasteiger partial charge on any atom is 0.339 e. The number of aromatic nitrogens is 2. The van der Waals surface area contributed by atoms with E-state index < -0.39 is 17.9 Å². The van der Waals surface area contributed by atoms with Gasteiger partial charge in [0.05, 0.1) is 31.2 Å². The van der Waals surface area contributed by atoms with Gasteiger partial charge in [0, 0.05) is 59.3 Å². The first kappa shape index (κ1) is 28.2. The number of benzene rings is 2. The summed E-state index contributed by atoms with van der Waals surface area (Å²) in [5.74, 6) is -1.30. The van der Waals surface area contributed by atoms with E-state index in [1.807, 2.05) is 24.3 Å². The van der Waals surface area contributed by atoms with E-state index in [4.69, 9.17) is 19.5 Å². The Hall–Kier alpha value is -4.96. The number of nitrogens with zero attached hydrogens (tertiary/aromatic N) is 3. The van der Waals surface area contributed by atoms with Crippen LogP contribution in [0.2, 0.25) is 0 Å². The number of carboxylic acids is 1. The standard InChI is InChI=1S/C33H28F2N4O4/c1-42-27-9-5-8-26(35)29(27)31-24-14-18(21-6-3-4-7-25(21)34)10-12-22(24)30-19(16-36-31)17-37-33(39-30)38-20-11-13-23(32(40)41)28(15-20)43-2/h3,5-6,8,10-15,17,27H,4,7,9,16H2,1-2H3,(H,40,41)(H,37,38,39). The first-order valence-electron chi connectivity index (χ1n) is 13.8. The van der Waals surface area contributed by atoms with Crippen LogP contribution in [0.1, 0.15) is 46.3 Å². The van der Waals surface area contributed by atoms with Crippen molar-refractivity contribution in [1.82, 2.24) is 9.97 Å². The lowest BCUT2D eigenvalue weighted by Gasteiger charge is -2.24. The Morgan fingerprint density at radius 3 is 2.70 bits per heavy atom. The molecule has 10 heteroatoms. The van der Waals surface area contributed by atoms with Gasteiger partial charge in [-0.25, -0.2) is 23.5 Å². The van der Waals surface area contributed by atoms with Crippen LogP contribution in [0.3, 0.4) is 0 Å². The zero-order valence-electron chi connectivity index (χ0n) is 23.5. The minimum Gasteiger partial charge on any atom is -0.496 e. The molecule has 0 spiro atoms. The zero-order valence-corrected chi connectivity index (χ0v) is 23.5. The highest BCUT2D eigenvalue weighted by Gasteiger charge is 2.30. The minimum atomic E-state index is -1.11. The van der Waals surface area contributed by atoms with Gasteiger partial charge in [0.15, 0.2) is 0 Å². The lowest BCUT2D eigenvalue weighted by Crippen LogP contribution is -2.24. The van der Waals surface area contributed by atoms with Crippen LogP contribution in [-0.2, 0) is 11.3 Å². The predicted molar refractivity (Wildman–Crippen MR) is 160 cm³/mol. The number of anilines is 2. The fourth-order valence-corrected chi connectivity index (χ4v) is 5.51. The summed E-state index contributed by atoms with van der Waals surface area (Å²) in [6, 6.07) is 10.1. The van der Waals surface area contributed by atoms with Crippen molar-refractivity contribution in [3.8, 4) is 17.0 Å². The summed E-state index contributed by atoms with van der Waals surface area (Å²) in [5, 5.41) is 12.5. The third-order valence-electron chi connectivity index (χ3n) is 7.64. The van der Waals surface area contributed by atoms with E-state index in [-0.39, 0.29) is 29.6 Å². The number of hydrogen-bond donors (Lipinski definition) is 2. The number of ether oxygens (including phenoxy) is 2. The van der Waals surface area contributed by atoms with Gasteiger partial charge in [-0.05, 0) is 42.7 Å². The Bertz CT molecular complexity index is 1790. The van der Waals surface area contributed by atoms with E-state index in [9.17, 15) is 14.3 Å². The topological polar surface area (TPSA) is 106 Å². The monoisotopic (exact) mass is 582 g/mol. The predicted octanol–water partition coefficient (Wildman–Crippen LogP) is 7.13. The molecule has 3 aliphatic rings. The summed E-state index contributed by atoms with van der Waals surface area (Å²) in [6.45, 7) is 0.185. The third-order valence-corrected chi connectivity index (χ3v) is 7.64. The number of halogens is 2. The number of allylic oxidation sites excluding steroid dienone is 6. The molecular weight excluding hydrogens is 554 g/mol. The third kappa shape index (κ3) is 5.37. The van der Waals surface area contributed by atoms with Crippen LogP contribution in [-0.4, -0.2) is 47.1 Å². The van der Waals surface area contributed by atoms with Crippen molar-refractivity contribution in [2.24, 2.45) is 4.99 Å². The van der Waals surface area contributed by atoms with Crippen molar-refractivity contribution in [3.63, 3.8) is 0 Å². The molecule has 6 rings (SSSR count). The average molecular weight is 583 g/mol. The molecule has 0 saturated carbocycles. The molecule has 2 aliphatic carbocycles. The first-order chi connectivity index (χ1) is 20.9. The van der Waals surface area contributed by atoms with Crippen molar-refractivity contribution in [2.45, 2.75) is 31.9 Å². The van der Waals surface area contributed by atoms with Crippen molar-refractivity contribution in [2.75, 3.05) is 19.5 Å². The number of carbonyl (C=O) groups is 1. The van der Waals surface area contributed by atoms with E-state index in [2.05, 4.69) is 10.3 Å². The van der Waals surface area contributed by atoms with Gasteiger partial charge in [-0.2, -0.15) is 0 Å². The Morgan fingerprint density at radius 2 is 1.93 bits per heavy atom. The Kier molecular flexibility index (Phi) is 7.69. The zero-order chi connectivity index (χ0) is 30.1. The second-order valence-electron chi connectivity index (χ2n) is 10.2. The first-order valence-corrected chi connectivity index (χ1v) is 13.8. The van der Waals surface area contributed by atoms with Crippen LogP contribution in [0.4, 0.5) is 20.4 Å². The number of methoxy groups -OCH3 is 2. The van der Waals surface area contributed by atoms with Gasteiger partial charge in [-0.3, -0.25) is 4.99 Å². The fraction of sp³-hybridized carbons (Fsp3) is 0.212. The number of fused-ring (bicyclic) bond motifs is 3. The van der Waals surface area contributed by atoms with Crippen molar-refractivity contribution >= 4 is 28.9 Å². The van der Waals surface area contributed by atoms with Gasteiger partial charge in [0.1, 0.15) is 23.0 Å². The Labute approximate surface area is 246 Å². The van der Waals surface area contributed by atoms with E-state index >= 15 is 4.39 Å². The SMILES string of the molecule is COc1cc(Nc2ncc3c(n2)-c2ccc(C4=C(F)CCC=C4)cc2C(C2=C(F)C=CCC2OC)=NC3)ccc1C(=O)O. The molecular formula is C33H28F2N4O4. The molecule has 2 aromatic carbocycles. The number of aromatic carboxylic acids is 1. The summed E-state index contributed by atoms with van der Waals surface area (Å²) in [6.07, 6.45) is 9.42. The van der Waals surface area contributed by atoms with Crippen LogP contribution in [0.5, 0.6) is 5.75 Å². The van der Waals surface area contributed by atoms with E-state index in [1.165, 1.54) is 26.4 Å². The van der Waals surface area contributed by atoms with E-state index in [0.29, 0.717) is 64.2 Å². The average Bonchev–Trinajstić information content (AvgIpc) is 3.17. The maximum atomic E-state index is 15.5. The van der Waals surface area contributed by atoms with Gasteiger partial charge in [-0.15, -0.1) is 0 Å². The molecule has 3 aromatic rings. The van der Waals surface area contributed by atoms with Crippen LogP contribution in [0, 0.1) is 0 Å². The molecule has 0 saturated heterocycles. The number of carboxylic acid groups (broad SMARTS) is 1. The van der Waals surface area contributed by atoms with Crippen molar-refractivity contribution < 1.29 is 28.2 Å². The van der Waals surface area contributed by atoms with Gasteiger partial charge in [-0.1, -0.05) is 30.4 Å². The minimum absolute atomic E-state index is 0.0260. The largest absolute Gasteiger partial charge is 0.496 e. The van der Waals surface area contributed by atoms with Crippen LogP contribution in [0.25, 0.3) is 16.8 Å². The van der Waals surface area contributed by atoms with Crippen molar-refractivity contribution in [1.29, 1.82) is 0 Å². The van der Waals surface area contributed by atoms with E-state index in [0.717, 1.165) is 5.56 Å². The normalized spacial score (nSPS) is 17.7. The molecule has 2 N–H and O–H groups in total. The highest BCUT2D eigenvalue weighted by molar-refractivity contribution is 6.18. The molecule has 1 unspecified atom stereocenters. The summed E-state index contributed by atoms with van der Waals surface area (Å²) < 4.78 is 41.3. The second-order valence-corrected chi connectivity index (χ2v) is 10.2. The quantitative estimate of drug-likeness (QED) is 0.305. The second kappa shape index (κ2) is 11.7. The van der Waals surface area contributed by atoms with Gasteiger partial charge in [0.25, 0.3) is 0 Å². The Balaban J connectivity index is 1.48. The molecule has 0 fully saturated rings. The molecule has 1 aliphatic heterocycles. The van der Waals surface area contributed by atoms with Gasteiger partial charge >= 0.3 is 5.97 Å². The lowest BCUT2D eigenvalue weighted by atomic mass is 9.87. The van der Waals surface area contributed by atoms with Gasteiger partial charge < -0.3 is 19.9 Å². The molecule has 1 atom stereocenters. The number of aliphatic imine (C=N–C) groups is 1. The van der Waals surface area contributed by atoms with Crippen molar-refractivity contribution in [3.05, 3.63) is 106 Å². The molecule has 0 bridgehead atoms. The maximum absolute atomic E-state index is 15.5.